The molecule has 0 aromatic carbocycles. The molecular weight excluding hydrogens is 99.0 g/mol. The molecule has 0 bridgehead atoms. The molecule has 0 heterocycles. The predicted octanol–water partition coefficient (Wildman–Crippen LogP) is 0.990. The molecule has 0 aliphatic rings. The maximum absolute atomic E-state index is 10.7. The van der Waals surface area contributed by atoms with Gasteiger partial charge in [0.25, 0.3) is 0 Å². The zero-order valence-corrected chi connectivity index (χ0v) is 3.85. The van der Waals surface area contributed by atoms with E-state index in [1.807, 2.05) is 0 Å². The van der Waals surface area contributed by atoms with Crippen molar-refractivity contribution in [3.05, 3.63) is 12.2 Å². The van der Waals surface area contributed by atoms with Crippen molar-refractivity contribution in [1.29, 1.82) is 0 Å². The van der Waals surface area contributed by atoms with E-state index in [1.54, 1.807) is 6.92 Å². The fourth-order valence-electron chi connectivity index (χ4n) is 0.162. The largest absolute Gasteiger partial charge is 0.372 e. The van der Waals surface area contributed by atoms with Crippen molar-refractivity contribution < 1.29 is 14.3 Å². The van der Waals surface area contributed by atoms with Gasteiger partial charge in [0.1, 0.15) is 0 Å². The number of allylic oxidation sites excluding steroid dienone is 1. The smallest absolute Gasteiger partial charge is 0.250 e. The van der Waals surface area contributed by atoms with Gasteiger partial charge in [0.05, 0.1) is 0 Å². The van der Waals surface area contributed by atoms with Crippen molar-refractivity contribution in [3.63, 3.8) is 0 Å². The molecule has 0 saturated heterocycles. The SMILES string of the molecule is C/C=C/C(=O)OF. The van der Waals surface area contributed by atoms with Gasteiger partial charge in [-0.1, -0.05) is 6.08 Å². The third kappa shape index (κ3) is 2.96. The lowest BCUT2D eigenvalue weighted by molar-refractivity contribution is -0.176. The molecule has 7 heavy (non-hydrogen) atoms. The summed E-state index contributed by atoms with van der Waals surface area (Å²) in [6, 6.07) is 0. The molecule has 0 aliphatic heterocycles. The van der Waals surface area contributed by atoms with E-state index in [4.69, 9.17) is 0 Å². The van der Waals surface area contributed by atoms with Gasteiger partial charge in [-0.2, -0.15) is 0 Å². The molecule has 0 aromatic heterocycles. The number of carbonyl (C=O) groups excluding carboxylic acids is 1. The Bertz CT molecular complexity index is 87.7. The van der Waals surface area contributed by atoms with Crippen LogP contribution in [0.2, 0.25) is 0 Å². The highest BCUT2D eigenvalue weighted by atomic mass is 19.3. The van der Waals surface area contributed by atoms with Crippen LogP contribution in [0.5, 0.6) is 0 Å². The standard InChI is InChI=1S/C4H5FO2/c1-2-3-4(6)7-5/h2-3H,1H3/b3-2+. The minimum Gasteiger partial charge on any atom is -0.250 e. The molecule has 0 aromatic rings. The average molecular weight is 104 g/mol. The minimum atomic E-state index is -0.970. The highest BCUT2D eigenvalue weighted by molar-refractivity contribution is 5.81. The normalized spacial score (nSPS) is 9.43. The second kappa shape index (κ2) is 3.33. The van der Waals surface area contributed by atoms with Crippen LogP contribution in [-0.2, 0) is 9.74 Å². The van der Waals surface area contributed by atoms with Gasteiger partial charge in [0, 0.05) is 10.6 Å². The molecule has 40 valence electrons. The Morgan fingerprint density at radius 1 is 1.86 bits per heavy atom. The first-order valence-electron chi connectivity index (χ1n) is 1.76. The number of rotatable bonds is 1. The van der Waals surface area contributed by atoms with Crippen molar-refractivity contribution in [1.82, 2.24) is 0 Å². The topological polar surface area (TPSA) is 26.3 Å². The Morgan fingerprint density at radius 3 is 2.57 bits per heavy atom. The fourth-order valence-corrected chi connectivity index (χ4v) is 0.162. The number of halogens is 1. The van der Waals surface area contributed by atoms with E-state index >= 15 is 0 Å². The average Bonchev–Trinajstić information content (AvgIpc) is 1.68. The van der Waals surface area contributed by atoms with E-state index in [-0.39, 0.29) is 0 Å². The maximum atomic E-state index is 10.7. The van der Waals surface area contributed by atoms with Crippen LogP contribution in [-0.4, -0.2) is 5.97 Å². The summed E-state index contributed by atoms with van der Waals surface area (Å²) in [6.45, 7) is 1.59. The summed E-state index contributed by atoms with van der Waals surface area (Å²) in [7, 11) is 0. The van der Waals surface area contributed by atoms with Gasteiger partial charge in [0.2, 0.25) is 0 Å². The van der Waals surface area contributed by atoms with Crippen LogP contribution in [0, 0.1) is 0 Å². The summed E-state index contributed by atoms with van der Waals surface area (Å²) in [6.07, 6.45) is 2.38. The molecule has 2 nitrogen and oxygen atoms in total. The molecule has 0 saturated carbocycles. The van der Waals surface area contributed by atoms with E-state index in [0.29, 0.717) is 0 Å². The second-order valence-corrected chi connectivity index (χ2v) is 0.896. The lowest BCUT2D eigenvalue weighted by Crippen LogP contribution is -1.88. The van der Waals surface area contributed by atoms with E-state index in [2.05, 4.69) is 4.94 Å². The van der Waals surface area contributed by atoms with Crippen LogP contribution in [0.1, 0.15) is 6.92 Å². The Balaban J connectivity index is 3.37. The van der Waals surface area contributed by atoms with Gasteiger partial charge < -0.3 is 0 Å². The quantitative estimate of drug-likeness (QED) is 0.463. The lowest BCUT2D eigenvalue weighted by atomic mass is 10.5. The molecule has 0 aliphatic carbocycles. The molecular formula is C4H5FO2. The van der Waals surface area contributed by atoms with Crippen molar-refractivity contribution in [2.75, 3.05) is 0 Å². The van der Waals surface area contributed by atoms with Crippen LogP contribution < -0.4 is 0 Å². The Morgan fingerprint density at radius 2 is 2.43 bits per heavy atom. The van der Waals surface area contributed by atoms with Crippen LogP contribution >= 0.6 is 0 Å². The highest BCUT2D eigenvalue weighted by Crippen LogP contribution is 1.78. The van der Waals surface area contributed by atoms with Crippen LogP contribution in [0.4, 0.5) is 4.53 Å². The molecule has 0 atom stereocenters. The Labute approximate surface area is 40.5 Å². The highest BCUT2D eigenvalue weighted by Gasteiger charge is 1.89. The van der Waals surface area contributed by atoms with E-state index in [1.165, 1.54) is 6.08 Å². The lowest BCUT2D eigenvalue weighted by Gasteiger charge is -1.76. The van der Waals surface area contributed by atoms with Crippen molar-refractivity contribution >= 4 is 5.97 Å². The molecule has 3 heteroatoms. The molecule has 0 spiro atoms. The van der Waals surface area contributed by atoms with E-state index < -0.39 is 5.97 Å². The van der Waals surface area contributed by atoms with Gasteiger partial charge in [-0.25, -0.2) is 4.79 Å². The van der Waals surface area contributed by atoms with Gasteiger partial charge in [0.15, 0.2) is 0 Å². The van der Waals surface area contributed by atoms with E-state index in [9.17, 15) is 9.32 Å². The molecule has 0 fully saturated rings. The predicted molar refractivity (Wildman–Crippen MR) is 22.0 cm³/mol. The van der Waals surface area contributed by atoms with Gasteiger partial charge in [-0.15, -0.1) is 0 Å². The van der Waals surface area contributed by atoms with Gasteiger partial charge in [-0.3, -0.25) is 4.94 Å². The third-order valence-electron chi connectivity index (χ3n) is 0.379. The number of carbonyl (C=O) groups is 1. The third-order valence-corrected chi connectivity index (χ3v) is 0.379. The van der Waals surface area contributed by atoms with Crippen molar-refractivity contribution in [2.24, 2.45) is 0 Å². The summed E-state index contributed by atoms with van der Waals surface area (Å²) < 4.78 is 10.7. The second-order valence-electron chi connectivity index (χ2n) is 0.896. The van der Waals surface area contributed by atoms with Gasteiger partial charge >= 0.3 is 5.97 Å². The van der Waals surface area contributed by atoms with Gasteiger partial charge in [-0.05, 0) is 6.92 Å². The summed E-state index contributed by atoms with van der Waals surface area (Å²) in [4.78, 5) is 12.5. The van der Waals surface area contributed by atoms with Crippen LogP contribution in [0.15, 0.2) is 12.2 Å². The molecule has 0 amide bonds. The Kier molecular flexibility index (Phi) is 2.92. The first kappa shape index (κ1) is 6.14. The number of hydrogen-bond donors (Lipinski definition) is 0. The Hall–Kier alpha value is -0.860. The maximum Gasteiger partial charge on any atom is 0.372 e. The summed E-state index contributed by atoms with van der Waals surface area (Å²) in [5, 5.41) is 0. The summed E-state index contributed by atoms with van der Waals surface area (Å²) in [5.41, 5.74) is 0. The zero-order valence-electron chi connectivity index (χ0n) is 3.85. The molecule has 0 radical (unpaired) electrons. The number of hydrogen-bond acceptors (Lipinski definition) is 2. The van der Waals surface area contributed by atoms with Crippen molar-refractivity contribution in [3.8, 4) is 0 Å². The van der Waals surface area contributed by atoms with Crippen LogP contribution in [0.25, 0.3) is 0 Å². The molecule has 0 unspecified atom stereocenters. The van der Waals surface area contributed by atoms with Crippen molar-refractivity contribution in [2.45, 2.75) is 6.92 Å². The zero-order chi connectivity index (χ0) is 5.70. The monoisotopic (exact) mass is 104 g/mol. The molecule has 0 rings (SSSR count). The molecule has 0 N–H and O–H groups in total. The summed E-state index contributed by atoms with van der Waals surface area (Å²) in [5.74, 6) is -0.970. The van der Waals surface area contributed by atoms with E-state index in [0.717, 1.165) is 6.08 Å². The van der Waals surface area contributed by atoms with Crippen LogP contribution in [0.3, 0.4) is 0 Å². The first-order chi connectivity index (χ1) is 3.31. The fraction of sp³-hybridized carbons (Fsp3) is 0.250. The summed E-state index contributed by atoms with van der Waals surface area (Å²) >= 11 is 0. The first-order valence-corrected chi connectivity index (χ1v) is 1.76. The minimum absolute atomic E-state index is 0.970.